The standard InChI is InChI=1S/C18H14N4OS/c23-17(12-24-18-21-20-16-10-3-4-11-22(16)18)19-15-9-5-7-13-6-1-2-8-14(13)15/h1-11H,12H2,(H,19,23). The van der Waals surface area contributed by atoms with Crippen molar-refractivity contribution in [3.05, 3.63) is 66.9 Å². The summed E-state index contributed by atoms with van der Waals surface area (Å²) in [5, 5.41) is 14.0. The van der Waals surface area contributed by atoms with Crippen LogP contribution in [0.15, 0.2) is 72.0 Å². The number of fused-ring (bicyclic) bond motifs is 2. The Labute approximate surface area is 142 Å². The molecular weight excluding hydrogens is 320 g/mol. The van der Waals surface area contributed by atoms with E-state index in [0.717, 1.165) is 22.1 Å². The van der Waals surface area contributed by atoms with E-state index in [1.54, 1.807) is 0 Å². The summed E-state index contributed by atoms with van der Waals surface area (Å²) in [7, 11) is 0. The van der Waals surface area contributed by atoms with Gasteiger partial charge in [-0.2, -0.15) is 0 Å². The molecule has 0 saturated carbocycles. The Morgan fingerprint density at radius 2 is 1.83 bits per heavy atom. The molecule has 1 N–H and O–H groups in total. The molecule has 0 fully saturated rings. The van der Waals surface area contributed by atoms with E-state index < -0.39 is 0 Å². The molecule has 0 radical (unpaired) electrons. The quantitative estimate of drug-likeness (QED) is 0.579. The van der Waals surface area contributed by atoms with E-state index in [4.69, 9.17) is 0 Å². The number of rotatable bonds is 4. The van der Waals surface area contributed by atoms with Gasteiger partial charge in [-0.3, -0.25) is 9.20 Å². The molecule has 2 aromatic carbocycles. The van der Waals surface area contributed by atoms with Gasteiger partial charge in [0.05, 0.1) is 5.75 Å². The number of amides is 1. The lowest BCUT2D eigenvalue weighted by Gasteiger charge is -2.08. The number of anilines is 1. The first kappa shape index (κ1) is 14.7. The molecule has 6 heteroatoms. The van der Waals surface area contributed by atoms with Crippen molar-refractivity contribution in [1.29, 1.82) is 0 Å². The molecule has 0 spiro atoms. The molecular formula is C18H14N4OS. The predicted molar refractivity (Wildman–Crippen MR) is 96.3 cm³/mol. The molecule has 0 aliphatic rings. The summed E-state index contributed by atoms with van der Waals surface area (Å²) in [6.45, 7) is 0. The first-order valence-corrected chi connectivity index (χ1v) is 8.50. The number of benzene rings is 2. The van der Waals surface area contributed by atoms with Crippen molar-refractivity contribution < 1.29 is 4.79 Å². The van der Waals surface area contributed by atoms with Crippen LogP contribution in [-0.2, 0) is 4.79 Å². The van der Waals surface area contributed by atoms with Crippen molar-refractivity contribution in [3.8, 4) is 0 Å². The topological polar surface area (TPSA) is 59.3 Å². The number of nitrogens with one attached hydrogen (secondary N) is 1. The number of hydrogen-bond acceptors (Lipinski definition) is 4. The van der Waals surface area contributed by atoms with Gasteiger partial charge in [-0.15, -0.1) is 10.2 Å². The number of carbonyl (C=O) groups excluding carboxylic acids is 1. The van der Waals surface area contributed by atoms with Crippen LogP contribution < -0.4 is 5.32 Å². The maximum Gasteiger partial charge on any atom is 0.234 e. The average molecular weight is 334 g/mol. The molecule has 0 aliphatic heterocycles. The highest BCUT2D eigenvalue weighted by Crippen LogP contribution is 2.23. The normalized spacial score (nSPS) is 11.0. The molecule has 24 heavy (non-hydrogen) atoms. The highest BCUT2D eigenvalue weighted by atomic mass is 32.2. The van der Waals surface area contributed by atoms with Gasteiger partial charge in [-0.05, 0) is 23.6 Å². The van der Waals surface area contributed by atoms with Crippen LogP contribution >= 0.6 is 11.8 Å². The lowest BCUT2D eigenvalue weighted by molar-refractivity contribution is -0.113. The van der Waals surface area contributed by atoms with Crippen LogP contribution in [-0.4, -0.2) is 26.3 Å². The van der Waals surface area contributed by atoms with Crippen LogP contribution in [0.3, 0.4) is 0 Å². The average Bonchev–Trinajstić information content (AvgIpc) is 3.04. The van der Waals surface area contributed by atoms with Gasteiger partial charge in [0, 0.05) is 17.3 Å². The summed E-state index contributed by atoms with van der Waals surface area (Å²) in [5.41, 5.74) is 1.60. The molecule has 2 heterocycles. The Morgan fingerprint density at radius 3 is 2.79 bits per heavy atom. The molecule has 4 aromatic rings. The zero-order valence-electron chi connectivity index (χ0n) is 12.7. The Balaban J connectivity index is 1.48. The minimum absolute atomic E-state index is 0.0657. The molecule has 0 unspecified atom stereocenters. The van der Waals surface area contributed by atoms with E-state index in [2.05, 4.69) is 15.5 Å². The fraction of sp³-hybridized carbons (Fsp3) is 0.0556. The molecule has 2 aromatic heterocycles. The molecule has 1 amide bonds. The maximum atomic E-state index is 12.3. The van der Waals surface area contributed by atoms with Crippen molar-refractivity contribution >= 4 is 39.8 Å². The molecule has 0 aliphatic carbocycles. The van der Waals surface area contributed by atoms with E-state index in [9.17, 15) is 4.79 Å². The lowest BCUT2D eigenvalue weighted by Crippen LogP contribution is -2.14. The second-order valence-corrected chi connectivity index (χ2v) is 6.22. The minimum Gasteiger partial charge on any atom is -0.325 e. The second-order valence-electron chi connectivity index (χ2n) is 5.27. The van der Waals surface area contributed by atoms with Crippen molar-refractivity contribution in [2.24, 2.45) is 0 Å². The van der Waals surface area contributed by atoms with Crippen molar-refractivity contribution in [2.75, 3.05) is 11.1 Å². The van der Waals surface area contributed by atoms with Gasteiger partial charge in [-0.1, -0.05) is 54.2 Å². The zero-order chi connectivity index (χ0) is 16.4. The summed E-state index contributed by atoms with van der Waals surface area (Å²) in [6, 6.07) is 19.6. The summed E-state index contributed by atoms with van der Waals surface area (Å²) in [5.74, 6) is 0.211. The zero-order valence-corrected chi connectivity index (χ0v) is 13.5. The summed E-state index contributed by atoms with van der Waals surface area (Å²) >= 11 is 1.37. The highest BCUT2D eigenvalue weighted by Gasteiger charge is 2.10. The van der Waals surface area contributed by atoms with Crippen LogP contribution in [0.5, 0.6) is 0 Å². The van der Waals surface area contributed by atoms with Gasteiger partial charge in [-0.25, -0.2) is 0 Å². The maximum absolute atomic E-state index is 12.3. The number of pyridine rings is 1. The van der Waals surface area contributed by atoms with Crippen molar-refractivity contribution in [1.82, 2.24) is 14.6 Å². The van der Waals surface area contributed by atoms with Crippen LogP contribution in [0.4, 0.5) is 5.69 Å². The van der Waals surface area contributed by atoms with E-state index >= 15 is 0 Å². The smallest absolute Gasteiger partial charge is 0.234 e. The number of thioether (sulfide) groups is 1. The third-order valence-corrected chi connectivity index (χ3v) is 4.62. The fourth-order valence-corrected chi connectivity index (χ4v) is 3.29. The predicted octanol–water partition coefficient (Wildman–Crippen LogP) is 3.61. The van der Waals surface area contributed by atoms with E-state index in [0.29, 0.717) is 5.16 Å². The Bertz CT molecular complexity index is 1020. The molecule has 0 saturated heterocycles. The molecule has 5 nitrogen and oxygen atoms in total. The van der Waals surface area contributed by atoms with Crippen LogP contribution in [0.1, 0.15) is 0 Å². The number of hydrogen-bond donors (Lipinski definition) is 1. The molecule has 0 bridgehead atoms. The minimum atomic E-state index is -0.0657. The summed E-state index contributed by atoms with van der Waals surface area (Å²) in [6.07, 6.45) is 1.89. The number of aromatic nitrogens is 3. The van der Waals surface area contributed by atoms with E-state index in [1.165, 1.54) is 11.8 Å². The van der Waals surface area contributed by atoms with Gasteiger partial charge in [0.2, 0.25) is 5.91 Å². The lowest BCUT2D eigenvalue weighted by atomic mass is 10.1. The third-order valence-electron chi connectivity index (χ3n) is 3.68. The second kappa shape index (κ2) is 6.33. The molecule has 0 atom stereocenters. The molecule has 4 rings (SSSR count). The summed E-state index contributed by atoms with van der Waals surface area (Å²) in [4.78, 5) is 12.3. The van der Waals surface area contributed by atoms with E-state index in [1.807, 2.05) is 71.3 Å². The van der Waals surface area contributed by atoms with E-state index in [-0.39, 0.29) is 11.7 Å². The molecule has 118 valence electrons. The van der Waals surface area contributed by atoms with Gasteiger partial charge in [0.1, 0.15) is 0 Å². The fourth-order valence-electron chi connectivity index (χ4n) is 2.57. The van der Waals surface area contributed by atoms with Crippen molar-refractivity contribution in [3.63, 3.8) is 0 Å². The number of carbonyl (C=O) groups is 1. The first-order valence-electron chi connectivity index (χ1n) is 7.51. The largest absolute Gasteiger partial charge is 0.325 e. The Hall–Kier alpha value is -2.86. The SMILES string of the molecule is O=C(CSc1nnc2ccccn12)Nc1cccc2ccccc12. The Morgan fingerprint density at radius 1 is 1.00 bits per heavy atom. The summed E-state index contributed by atoms with van der Waals surface area (Å²) < 4.78 is 1.87. The van der Waals surface area contributed by atoms with Gasteiger partial charge in [0.25, 0.3) is 0 Å². The van der Waals surface area contributed by atoms with Crippen LogP contribution in [0.2, 0.25) is 0 Å². The van der Waals surface area contributed by atoms with Crippen LogP contribution in [0.25, 0.3) is 16.4 Å². The van der Waals surface area contributed by atoms with Crippen LogP contribution in [0, 0.1) is 0 Å². The number of nitrogens with zero attached hydrogens (tertiary/aromatic N) is 3. The Kier molecular flexibility index (Phi) is 3.88. The van der Waals surface area contributed by atoms with Gasteiger partial charge < -0.3 is 5.32 Å². The van der Waals surface area contributed by atoms with Crippen molar-refractivity contribution in [2.45, 2.75) is 5.16 Å². The monoisotopic (exact) mass is 334 g/mol. The van der Waals surface area contributed by atoms with Gasteiger partial charge in [0.15, 0.2) is 10.8 Å². The third kappa shape index (κ3) is 2.83. The van der Waals surface area contributed by atoms with Gasteiger partial charge >= 0.3 is 0 Å². The highest BCUT2D eigenvalue weighted by molar-refractivity contribution is 7.99. The first-order chi connectivity index (χ1) is 11.8.